The largest absolute Gasteiger partial charge is 0.475 e. The molecule has 2 N–H and O–H groups in total. The van der Waals surface area contributed by atoms with E-state index in [-0.39, 0.29) is 12.3 Å². The van der Waals surface area contributed by atoms with Gasteiger partial charge in [-0.05, 0) is 19.8 Å². The number of carbonyl (C=O) groups is 3. The second-order valence-corrected chi connectivity index (χ2v) is 3.62. The summed E-state index contributed by atoms with van der Waals surface area (Å²) in [7, 11) is 0. The number of hydrogen-bond donors (Lipinski definition) is 2. The normalized spacial score (nSPS) is 14.1. The predicted octanol–water partition coefficient (Wildman–Crippen LogP) is 0.725. The average Bonchev–Trinajstić information content (AvgIpc) is 2.16. The first kappa shape index (κ1) is 13.6. The molecular formula is C10H17NO4. The first-order chi connectivity index (χ1) is 6.87. The molecule has 0 saturated heterocycles. The van der Waals surface area contributed by atoms with Crippen LogP contribution in [0.1, 0.15) is 40.0 Å². The van der Waals surface area contributed by atoms with Crippen LogP contribution in [-0.2, 0) is 14.4 Å². The number of ketones is 1. The molecule has 0 fully saturated rings. The molecule has 0 aliphatic carbocycles. The molecule has 0 radical (unpaired) electrons. The Labute approximate surface area is 88.9 Å². The van der Waals surface area contributed by atoms with Gasteiger partial charge >= 0.3 is 5.97 Å². The predicted molar refractivity (Wildman–Crippen MR) is 54.4 cm³/mol. The van der Waals surface area contributed by atoms with Crippen LogP contribution in [0.15, 0.2) is 0 Å². The Balaban J connectivity index is 4.64. The van der Waals surface area contributed by atoms with Crippen LogP contribution in [0.4, 0.5) is 0 Å². The van der Waals surface area contributed by atoms with E-state index in [1.165, 1.54) is 6.92 Å². The Bertz CT molecular complexity index is 275. The number of nitrogens with one attached hydrogen (secondary N) is 1. The minimum absolute atomic E-state index is 0.258. The summed E-state index contributed by atoms with van der Waals surface area (Å²) in [5.41, 5.74) is -1.29. The molecule has 5 nitrogen and oxygen atoms in total. The molecule has 5 heteroatoms. The molecule has 1 unspecified atom stereocenters. The van der Waals surface area contributed by atoms with Gasteiger partial charge in [-0.3, -0.25) is 9.59 Å². The number of hydrogen-bond acceptors (Lipinski definition) is 3. The lowest BCUT2D eigenvalue weighted by molar-refractivity contribution is -0.152. The highest BCUT2D eigenvalue weighted by Gasteiger charge is 2.37. The lowest BCUT2D eigenvalue weighted by Crippen LogP contribution is -2.54. The number of carboxylic acids is 1. The number of aliphatic carboxylic acids is 1. The van der Waals surface area contributed by atoms with Crippen LogP contribution in [0.3, 0.4) is 0 Å². The Hall–Kier alpha value is -1.39. The highest BCUT2D eigenvalue weighted by molar-refractivity contribution is 6.36. The first-order valence-corrected chi connectivity index (χ1v) is 4.96. The molecular weight excluding hydrogens is 198 g/mol. The molecule has 0 aliphatic rings. The molecule has 1 atom stereocenters. The number of Topliss-reactive ketones (excluding diaryl/α,β-unsaturated/α-hetero) is 1. The molecule has 0 aromatic rings. The zero-order valence-electron chi connectivity index (χ0n) is 9.29. The summed E-state index contributed by atoms with van der Waals surface area (Å²) in [6, 6.07) is 0. The second-order valence-electron chi connectivity index (χ2n) is 3.62. The zero-order chi connectivity index (χ0) is 12.1. The molecule has 0 saturated carbocycles. The van der Waals surface area contributed by atoms with Crippen molar-refractivity contribution in [3.05, 3.63) is 0 Å². The van der Waals surface area contributed by atoms with Gasteiger partial charge in [-0.1, -0.05) is 13.8 Å². The fourth-order valence-corrected chi connectivity index (χ4v) is 1.14. The highest BCUT2D eigenvalue weighted by atomic mass is 16.4. The summed E-state index contributed by atoms with van der Waals surface area (Å²) in [5, 5.41) is 11.0. The first-order valence-electron chi connectivity index (χ1n) is 4.96. The van der Waals surface area contributed by atoms with E-state index in [1.807, 2.05) is 6.92 Å². The fourth-order valence-electron chi connectivity index (χ4n) is 1.14. The average molecular weight is 215 g/mol. The number of rotatable bonds is 6. The van der Waals surface area contributed by atoms with Gasteiger partial charge in [0.1, 0.15) is 5.54 Å². The lowest BCUT2D eigenvalue weighted by atomic mass is 9.93. The Morgan fingerprint density at radius 1 is 1.27 bits per heavy atom. The van der Waals surface area contributed by atoms with Crippen molar-refractivity contribution in [1.82, 2.24) is 5.32 Å². The Morgan fingerprint density at radius 3 is 2.13 bits per heavy atom. The van der Waals surface area contributed by atoms with Gasteiger partial charge in [0, 0.05) is 6.42 Å². The van der Waals surface area contributed by atoms with Crippen LogP contribution in [-0.4, -0.2) is 28.3 Å². The second kappa shape index (κ2) is 5.48. The van der Waals surface area contributed by atoms with E-state index < -0.39 is 17.3 Å². The molecule has 0 aromatic carbocycles. The summed E-state index contributed by atoms with van der Waals surface area (Å²) < 4.78 is 0. The number of carbonyl (C=O) groups excluding carboxylic acids is 2. The van der Waals surface area contributed by atoms with Crippen molar-refractivity contribution in [2.45, 2.75) is 45.6 Å². The molecule has 0 aromatic heterocycles. The van der Waals surface area contributed by atoms with Gasteiger partial charge in [0.15, 0.2) is 0 Å². The van der Waals surface area contributed by atoms with E-state index in [1.54, 1.807) is 6.92 Å². The maximum Gasteiger partial charge on any atom is 0.374 e. The van der Waals surface area contributed by atoms with E-state index in [0.717, 1.165) is 0 Å². The summed E-state index contributed by atoms with van der Waals surface area (Å²) >= 11 is 0. The lowest BCUT2D eigenvalue weighted by Gasteiger charge is -2.25. The van der Waals surface area contributed by atoms with Crippen molar-refractivity contribution in [3.63, 3.8) is 0 Å². The van der Waals surface area contributed by atoms with Crippen molar-refractivity contribution >= 4 is 17.7 Å². The SMILES string of the molecule is CCCC(=O)NC(C)(CC)C(=O)C(=O)O. The van der Waals surface area contributed by atoms with Crippen LogP contribution in [0.25, 0.3) is 0 Å². The molecule has 86 valence electrons. The minimum atomic E-state index is -1.52. The van der Waals surface area contributed by atoms with Crippen molar-refractivity contribution in [2.24, 2.45) is 0 Å². The molecule has 0 aliphatic heterocycles. The third-order valence-corrected chi connectivity index (χ3v) is 2.29. The Morgan fingerprint density at radius 2 is 1.80 bits per heavy atom. The fraction of sp³-hybridized carbons (Fsp3) is 0.700. The van der Waals surface area contributed by atoms with E-state index in [0.29, 0.717) is 12.8 Å². The van der Waals surface area contributed by atoms with Crippen molar-refractivity contribution in [2.75, 3.05) is 0 Å². The Kier molecular flexibility index (Phi) is 4.97. The highest BCUT2D eigenvalue weighted by Crippen LogP contribution is 2.11. The van der Waals surface area contributed by atoms with Crippen LogP contribution in [0.2, 0.25) is 0 Å². The van der Waals surface area contributed by atoms with Crippen LogP contribution in [0, 0.1) is 0 Å². The molecule has 1 amide bonds. The molecule has 0 heterocycles. The molecule has 0 spiro atoms. The number of carboxylic acid groups (broad SMARTS) is 1. The maximum atomic E-state index is 11.3. The zero-order valence-corrected chi connectivity index (χ0v) is 9.29. The summed E-state index contributed by atoms with van der Waals surface area (Å²) in [4.78, 5) is 33.2. The van der Waals surface area contributed by atoms with Crippen LogP contribution >= 0.6 is 0 Å². The van der Waals surface area contributed by atoms with Crippen LogP contribution in [0.5, 0.6) is 0 Å². The standard InChI is InChI=1S/C10H17NO4/c1-4-6-7(12)11-10(3,5-2)8(13)9(14)15/h4-6H2,1-3H3,(H,11,12)(H,14,15). The molecule has 0 bridgehead atoms. The summed E-state index contributed by atoms with van der Waals surface area (Å²) in [6.45, 7) is 4.92. The minimum Gasteiger partial charge on any atom is -0.475 e. The third kappa shape index (κ3) is 3.69. The van der Waals surface area contributed by atoms with E-state index in [4.69, 9.17) is 5.11 Å². The maximum absolute atomic E-state index is 11.3. The van der Waals surface area contributed by atoms with Gasteiger partial charge < -0.3 is 10.4 Å². The van der Waals surface area contributed by atoms with Crippen molar-refractivity contribution < 1.29 is 19.5 Å². The van der Waals surface area contributed by atoms with Gasteiger partial charge in [-0.15, -0.1) is 0 Å². The van der Waals surface area contributed by atoms with E-state index in [9.17, 15) is 14.4 Å². The van der Waals surface area contributed by atoms with Crippen molar-refractivity contribution in [1.29, 1.82) is 0 Å². The quantitative estimate of drug-likeness (QED) is 0.639. The van der Waals surface area contributed by atoms with E-state index >= 15 is 0 Å². The summed E-state index contributed by atoms with van der Waals surface area (Å²) in [6.07, 6.45) is 1.21. The van der Waals surface area contributed by atoms with Crippen LogP contribution < -0.4 is 5.32 Å². The topological polar surface area (TPSA) is 83.5 Å². The smallest absolute Gasteiger partial charge is 0.374 e. The number of amides is 1. The monoisotopic (exact) mass is 215 g/mol. The van der Waals surface area contributed by atoms with Gasteiger partial charge in [0.2, 0.25) is 5.91 Å². The third-order valence-electron chi connectivity index (χ3n) is 2.29. The summed E-state index contributed by atoms with van der Waals surface area (Å²) in [5.74, 6) is -2.79. The molecule has 0 rings (SSSR count). The van der Waals surface area contributed by atoms with Gasteiger partial charge in [0.05, 0.1) is 0 Å². The van der Waals surface area contributed by atoms with Gasteiger partial charge in [-0.2, -0.15) is 0 Å². The molecule has 15 heavy (non-hydrogen) atoms. The van der Waals surface area contributed by atoms with Gasteiger partial charge in [-0.25, -0.2) is 4.79 Å². The van der Waals surface area contributed by atoms with Crippen molar-refractivity contribution in [3.8, 4) is 0 Å². The van der Waals surface area contributed by atoms with Gasteiger partial charge in [0.25, 0.3) is 5.78 Å². The van der Waals surface area contributed by atoms with E-state index in [2.05, 4.69) is 5.32 Å².